The molecule has 0 radical (unpaired) electrons. The Labute approximate surface area is 166 Å². The molecular formula is C18H26F2O7S. The SMILES string of the molecule is CC1(OC(=O)CCCCOC(=O)C(F)(F)SOOO)C2CC3CC(C2)CC1C3. The summed E-state index contributed by atoms with van der Waals surface area (Å²) in [6.45, 7) is 1.81. The summed E-state index contributed by atoms with van der Waals surface area (Å²) in [4.78, 5) is 23.5. The van der Waals surface area contributed by atoms with Crippen molar-refractivity contribution in [3.8, 4) is 0 Å². The summed E-state index contributed by atoms with van der Waals surface area (Å²) in [5.74, 6) is 0.370. The van der Waals surface area contributed by atoms with Crippen molar-refractivity contribution in [3.05, 3.63) is 0 Å². The zero-order valence-corrected chi connectivity index (χ0v) is 16.6. The fraction of sp³-hybridized carbons (Fsp3) is 0.889. The molecule has 0 aliphatic heterocycles. The number of ether oxygens (including phenoxy) is 2. The van der Waals surface area contributed by atoms with Crippen LogP contribution in [0.1, 0.15) is 58.3 Å². The fourth-order valence-corrected chi connectivity index (χ4v) is 5.54. The number of alkyl halides is 2. The molecule has 0 aromatic carbocycles. The van der Waals surface area contributed by atoms with Crippen molar-refractivity contribution in [2.75, 3.05) is 6.61 Å². The Morgan fingerprint density at radius 3 is 2.29 bits per heavy atom. The van der Waals surface area contributed by atoms with Crippen LogP contribution in [0, 0.1) is 23.7 Å². The molecule has 0 unspecified atom stereocenters. The summed E-state index contributed by atoms with van der Waals surface area (Å²) in [6.07, 6.45) is 6.69. The Morgan fingerprint density at radius 1 is 1.11 bits per heavy atom. The average molecular weight is 424 g/mol. The zero-order chi connectivity index (χ0) is 20.4. The maximum Gasteiger partial charge on any atom is 0.415 e. The maximum atomic E-state index is 13.2. The van der Waals surface area contributed by atoms with E-state index in [0.29, 0.717) is 18.3 Å². The van der Waals surface area contributed by atoms with Crippen LogP contribution >= 0.6 is 12.0 Å². The fourth-order valence-electron chi connectivity index (χ4n) is 5.30. The van der Waals surface area contributed by atoms with E-state index in [9.17, 15) is 18.4 Å². The molecule has 0 amide bonds. The minimum atomic E-state index is -4.00. The number of carbonyl (C=O) groups is 2. The highest BCUT2D eigenvalue weighted by molar-refractivity contribution is 7.96. The Kier molecular flexibility index (Phi) is 6.84. The van der Waals surface area contributed by atoms with Crippen molar-refractivity contribution in [1.29, 1.82) is 0 Å². The van der Waals surface area contributed by atoms with Gasteiger partial charge in [-0.25, -0.2) is 10.1 Å². The van der Waals surface area contributed by atoms with Crippen molar-refractivity contribution in [2.45, 2.75) is 69.1 Å². The van der Waals surface area contributed by atoms with E-state index in [4.69, 9.17) is 9.99 Å². The minimum absolute atomic E-state index is 0.159. The van der Waals surface area contributed by atoms with Crippen LogP contribution in [-0.4, -0.2) is 34.7 Å². The van der Waals surface area contributed by atoms with Crippen LogP contribution in [0.5, 0.6) is 0 Å². The second kappa shape index (κ2) is 8.81. The third kappa shape index (κ3) is 4.77. The van der Waals surface area contributed by atoms with E-state index < -0.39 is 23.3 Å². The molecule has 4 aliphatic rings. The second-order valence-corrected chi connectivity index (χ2v) is 9.11. The summed E-state index contributed by atoms with van der Waals surface area (Å²) in [7, 11) is 0. The van der Waals surface area contributed by atoms with Gasteiger partial charge in [0.05, 0.1) is 6.61 Å². The lowest BCUT2D eigenvalue weighted by Gasteiger charge is -2.59. The first kappa shape index (κ1) is 21.7. The molecule has 0 saturated heterocycles. The van der Waals surface area contributed by atoms with Crippen molar-refractivity contribution < 1.29 is 42.5 Å². The molecule has 160 valence electrons. The quantitative estimate of drug-likeness (QED) is 0.184. The molecule has 1 N–H and O–H groups in total. The Balaban J connectivity index is 1.35. The smallest absolute Gasteiger partial charge is 0.415 e. The van der Waals surface area contributed by atoms with Gasteiger partial charge in [0.1, 0.15) is 17.6 Å². The van der Waals surface area contributed by atoms with Gasteiger partial charge in [-0.05, 0) is 75.5 Å². The van der Waals surface area contributed by atoms with Gasteiger partial charge in [0.25, 0.3) is 0 Å². The monoisotopic (exact) mass is 424 g/mol. The number of rotatable bonds is 10. The average Bonchev–Trinajstić information content (AvgIpc) is 2.63. The van der Waals surface area contributed by atoms with Gasteiger partial charge in [-0.3, -0.25) is 4.79 Å². The Hall–Kier alpha value is -0.970. The van der Waals surface area contributed by atoms with Gasteiger partial charge in [0, 0.05) is 6.42 Å². The lowest BCUT2D eigenvalue weighted by Crippen LogP contribution is -2.57. The summed E-state index contributed by atoms with van der Waals surface area (Å²) in [5.41, 5.74) is -0.384. The zero-order valence-electron chi connectivity index (χ0n) is 15.7. The number of unbranched alkanes of at least 4 members (excludes halogenated alkanes) is 1. The van der Waals surface area contributed by atoms with Gasteiger partial charge in [-0.15, -0.1) is 4.33 Å². The van der Waals surface area contributed by atoms with E-state index in [1.165, 1.54) is 6.42 Å². The lowest BCUT2D eigenvalue weighted by molar-refractivity contribution is -0.433. The molecule has 4 saturated carbocycles. The lowest BCUT2D eigenvalue weighted by atomic mass is 9.50. The van der Waals surface area contributed by atoms with Gasteiger partial charge in [-0.2, -0.15) is 8.78 Å². The first-order valence-electron chi connectivity index (χ1n) is 9.67. The molecule has 4 aliphatic carbocycles. The molecule has 0 heterocycles. The van der Waals surface area contributed by atoms with E-state index in [1.807, 2.05) is 0 Å². The topological polar surface area (TPSA) is 91.3 Å². The van der Waals surface area contributed by atoms with E-state index in [1.54, 1.807) is 0 Å². The standard InChI is InChI=1S/C18H26F2O7S/c1-17(13-7-11-6-12(9-13)10-14(17)8-11)25-15(21)4-2-3-5-24-16(22)18(19,20)28-27-26-23/h11-14,23H,2-10H2,1H3. The van der Waals surface area contributed by atoms with Gasteiger partial charge >= 0.3 is 17.2 Å². The number of carbonyl (C=O) groups excluding carboxylic acids is 2. The molecule has 10 heteroatoms. The number of esters is 2. The van der Waals surface area contributed by atoms with Crippen LogP contribution in [0.3, 0.4) is 0 Å². The van der Waals surface area contributed by atoms with E-state index >= 15 is 0 Å². The van der Waals surface area contributed by atoms with Crippen LogP contribution in [0.25, 0.3) is 0 Å². The number of halogens is 2. The molecule has 4 fully saturated rings. The van der Waals surface area contributed by atoms with Gasteiger partial charge in [-0.1, -0.05) is 5.04 Å². The predicted octanol–water partition coefficient (Wildman–Crippen LogP) is 4.12. The number of hydrogen-bond donors (Lipinski definition) is 1. The molecule has 4 bridgehead atoms. The highest BCUT2D eigenvalue weighted by Crippen LogP contribution is 2.59. The van der Waals surface area contributed by atoms with Crippen molar-refractivity contribution in [2.24, 2.45) is 23.7 Å². The van der Waals surface area contributed by atoms with Gasteiger partial charge < -0.3 is 9.47 Å². The Morgan fingerprint density at radius 2 is 1.71 bits per heavy atom. The third-order valence-corrected chi connectivity index (χ3v) is 7.01. The van der Waals surface area contributed by atoms with Crippen LogP contribution in [-0.2, 0) is 28.4 Å². The van der Waals surface area contributed by atoms with Crippen LogP contribution < -0.4 is 0 Å². The molecule has 0 aromatic rings. The molecule has 7 nitrogen and oxygen atoms in total. The summed E-state index contributed by atoms with van der Waals surface area (Å²) >= 11 is -0.669. The molecular weight excluding hydrogens is 398 g/mol. The van der Waals surface area contributed by atoms with Crippen LogP contribution in [0.15, 0.2) is 0 Å². The highest BCUT2D eigenvalue weighted by atomic mass is 32.2. The molecule has 28 heavy (non-hydrogen) atoms. The largest absolute Gasteiger partial charge is 0.460 e. The first-order chi connectivity index (χ1) is 13.2. The first-order valence-corrected chi connectivity index (χ1v) is 10.4. The van der Waals surface area contributed by atoms with Crippen LogP contribution in [0.4, 0.5) is 8.78 Å². The van der Waals surface area contributed by atoms with Crippen molar-refractivity contribution in [1.82, 2.24) is 0 Å². The van der Waals surface area contributed by atoms with Gasteiger partial charge in [0.15, 0.2) is 0 Å². The highest BCUT2D eigenvalue weighted by Gasteiger charge is 2.56. The predicted molar refractivity (Wildman–Crippen MR) is 93.7 cm³/mol. The third-order valence-electron chi connectivity index (χ3n) is 6.51. The maximum absolute atomic E-state index is 13.2. The van der Waals surface area contributed by atoms with E-state index in [-0.39, 0.29) is 31.0 Å². The van der Waals surface area contributed by atoms with E-state index in [0.717, 1.165) is 37.5 Å². The summed E-state index contributed by atoms with van der Waals surface area (Å²) in [6, 6.07) is 0. The van der Waals surface area contributed by atoms with E-state index in [2.05, 4.69) is 21.0 Å². The minimum Gasteiger partial charge on any atom is -0.460 e. The van der Waals surface area contributed by atoms with Crippen molar-refractivity contribution in [3.63, 3.8) is 0 Å². The molecule has 0 atom stereocenters. The molecule has 4 rings (SSSR count). The van der Waals surface area contributed by atoms with Crippen LogP contribution in [0.2, 0.25) is 0 Å². The normalized spacial score (nSPS) is 33.7. The van der Waals surface area contributed by atoms with Gasteiger partial charge in [0.2, 0.25) is 0 Å². The molecule has 0 aromatic heterocycles. The summed E-state index contributed by atoms with van der Waals surface area (Å²) < 4.78 is 40.3. The summed E-state index contributed by atoms with van der Waals surface area (Å²) in [5, 5.41) is 6.86. The number of hydrogen-bond acceptors (Lipinski definition) is 8. The molecule has 0 spiro atoms. The second-order valence-electron chi connectivity index (χ2n) is 8.30. The van der Waals surface area contributed by atoms with Crippen molar-refractivity contribution >= 4 is 24.0 Å². The Bertz CT molecular complexity index is 558.